The molecular weight excluding hydrogens is 444 g/mol. The van der Waals surface area contributed by atoms with E-state index >= 15 is 0 Å². The van der Waals surface area contributed by atoms with Crippen molar-refractivity contribution in [2.24, 2.45) is 0 Å². The average molecular weight is 475 g/mol. The molecule has 0 fully saturated rings. The molecule has 3 N–H and O–H groups in total. The summed E-state index contributed by atoms with van der Waals surface area (Å²) in [5.74, 6) is -1.53. The summed E-state index contributed by atoms with van der Waals surface area (Å²) in [4.78, 5) is 52.1. The van der Waals surface area contributed by atoms with Gasteiger partial charge in [-0.2, -0.15) is 0 Å². The molecule has 33 heavy (non-hydrogen) atoms. The number of esters is 1. The van der Waals surface area contributed by atoms with Crippen LogP contribution >= 0.6 is 11.3 Å². The molecule has 10 heteroatoms. The first-order valence-electron chi connectivity index (χ1n) is 10.7. The first-order valence-corrected chi connectivity index (χ1v) is 11.5. The highest BCUT2D eigenvalue weighted by atomic mass is 32.1. The number of para-hydroxylation sites is 1. The van der Waals surface area contributed by atoms with Crippen LogP contribution in [0.15, 0.2) is 24.3 Å². The molecule has 0 spiro atoms. The minimum Gasteiger partial charge on any atom is -0.462 e. The van der Waals surface area contributed by atoms with E-state index < -0.39 is 11.9 Å². The van der Waals surface area contributed by atoms with Gasteiger partial charge in [-0.25, -0.2) is 4.79 Å². The number of hydrogen-bond donors (Lipinski definition) is 3. The quantitative estimate of drug-likeness (QED) is 0.456. The van der Waals surface area contributed by atoms with Gasteiger partial charge in [0.05, 0.1) is 29.2 Å². The highest BCUT2D eigenvalue weighted by Crippen LogP contribution is 2.33. The number of rotatable bonds is 10. The highest BCUT2D eigenvalue weighted by molar-refractivity contribution is 7.18. The summed E-state index contributed by atoms with van der Waals surface area (Å²) in [5.41, 5.74) is 1.60. The van der Waals surface area contributed by atoms with E-state index in [9.17, 15) is 19.2 Å². The van der Waals surface area contributed by atoms with Gasteiger partial charge in [-0.3, -0.25) is 14.4 Å². The topological polar surface area (TPSA) is 117 Å². The third-order valence-electron chi connectivity index (χ3n) is 4.96. The largest absolute Gasteiger partial charge is 0.462 e. The second kappa shape index (κ2) is 12.0. The first kappa shape index (κ1) is 25.9. The SMILES string of the molecule is CCOC(=O)c1c(NC(=O)CNc2ccccc2C(=O)N(CC)CC)sc(C(=O)NC)c1C. The second-order valence-electron chi connectivity index (χ2n) is 6.98. The number of ether oxygens (including phenoxy) is 1. The third kappa shape index (κ3) is 6.10. The van der Waals surface area contributed by atoms with Crippen LogP contribution in [0, 0.1) is 6.92 Å². The molecule has 9 nitrogen and oxygen atoms in total. The Morgan fingerprint density at radius 3 is 2.33 bits per heavy atom. The predicted molar refractivity (Wildman–Crippen MR) is 129 cm³/mol. The summed E-state index contributed by atoms with van der Waals surface area (Å²) in [6, 6.07) is 6.98. The maximum Gasteiger partial charge on any atom is 0.341 e. The summed E-state index contributed by atoms with van der Waals surface area (Å²) in [6.45, 7) is 8.30. The fraction of sp³-hybridized carbons (Fsp3) is 0.391. The molecule has 0 atom stereocenters. The van der Waals surface area contributed by atoms with Gasteiger partial charge < -0.3 is 25.6 Å². The molecule has 0 bridgehead atoms. The van der Waals surface area contributed by atoms with Crippen LogP contribution in [0.3, 0.4) is 0 Å². The number of amides is 3. The Bertz CT molecular complexity index is 1030. The summed E-state index contributed by atoms with van der Waals surface area (Å²) in [5, 5.41) is 8.46. The molecule has 1 aromatic heterocycles. The minimum absolute atomic E-state index is 0.128. The molecule has 0 aliphatic rings. The molecule has 0 saturated carbocycles. The Morgan fingerprint density at radius 1 is 1.06 bits per heavy atom. The fourth-order valence-corrected chi connectivity index (χ4v) is 4.39. The Labute approximate surface area is 197 Å². The molecule has 178 valence electrons. The fourth-order valence-electron chi connectivity index (χ4n) is 3.23. The lowest BCUT2D eigenvalue weighted by Crippen LogP contribution is -2.31. The van der Waals surface area contributed by atoms with Crippen LogP contribution in [-0.2, 0) is 9.53 Å². The van der Waals surface area contributed by atoms with Gasteiger partial charge in [0.25, 0.3) is 11.8 Å². The Balaban J connectivity index is 2.22. The van der Waals surface area contributed by atoms with E-state index in [1.165, 1.54) is 7.05 Å². The third-order valence-corrected chi connectivity index (χ3v) is 6.17. The Kier molecular flexibility index (Phi) is 9.41. The van der Waals surface area contributed by atoms with Crippen molar-refractivity contribution in [3.8, 4) is 0 Å². The number of thiophene rings is 1. The Hall–Kier alpha value is -3.40. The van der Waals surface area contributed by atoms with E-state index in [0.717, 1.165) is 11.3 Å². The number of benzene rings is 1. The number of carbonyl (C=O) groups is 4. The van der Waals surface area contributed by atoms with Crippen molar-refractivity contribution < 1.29 is 23.9 Å². The zero-order valence-corrected chi connectivity index (χ0v) is 20.4. The number of anilines is 2. The maximum atomic E-state index is 12.8. The summed E-state index contributed by atoms with van der Waals surface area (Å²) in [6.07, 6.45) is 0. The van der Waals surface area contributed by atoms with Crippen LogP contribution < -0.4 is 16.0 Å². The van der Waals surface area contributed by atoms with Crippen molar-refractivity contribution in [2.75, 3.05) is 43.9 Å². The number of nitrogens with one attached hydrogen (secondary N) is 3. The number of hydrogen-bond acceptors (Lipinski definition) is 7. The van der Waals surface area contributed by atoms with E-state index in [2.05, 4.69) is 16.0 Å². The summed E-state index contributed by atoms with van der Waals surface area (Å²) in [7, 11) is 1.49. The molecule has 2 rings (SSSR count). The van der Waals surface area contributed by atoms with Gasteiger partial charge in [0, 0.05) is 25.8 Å². The summed E-state index contributed by atoms with van der Waals surface area (Å²) >= 11 is 1.01. The maximum absolute atomic E-state index is 12.8. The molecule has 1 heterocycles. The lowest BCUT2D eigenvalue weighted by molar-refractivity contribution is -0.114. The molecule has 0 saturated heterocycles. The van der Waals surface area contributed by atoms with Crippen molar-refractivity contribution in [3.63, 3.8) is 0 Å². The normalized spacial score (nSPS) is 10.3. The number of nitrogens with zero attached hydrogens (tertiary/aromatic N) is 1. The molecule has 0 unspecified atom stereocenters. The van der Waals surface area contributed by atoms with E-state index in [1.54, 1.807) is 43.0 Å². The zero-order chi connectivity index (χ0) is 24.5. The molecule has 0 radical (unpaired) electrons. The van der Waals surface area contributed by atoms with E-state index in [1.807, 2.05) is 13.8 Å². The first-order chi connectivity index (χ1) is 15.8. The predicted octanol–water partition coefficient (Wildman–Crippen LogP) is 3.13. The van der Waals surface area contributed by atoms with Crippen molar-refractivity contribution in [1.29, 1.82) is 0 Å². The molecule has 2 aromatic rings. The smallest absolute Gasteiger partial charge is 0.341 e. The second-order valence-corrected chi connectivity index (χ2v) is 8.01. The lowest BCUT2D eigenvalue weighted by atomic mass is 10.1. The average Bonchev–Trinajstić information content (AvgIpc) is 3.13. The highest BCUT2D eigenvalue weighted by Gasteiger charge is 2.26. The van der Waals surface area contributed by atoms with Crippen LogP contribution in [0.4, 0.5) is 10.7 Å². The van der Waals surface area contributed by atoms with Crippen LogP contribution in [-0.4, -0.2) is 61.9 Å². The standard InChI is InChI=1S/C23H30N4O5S/c1-6-27(7-2)22(30)15-11-9-10-12-16(15)25-13-17(28)26-21-18(23(31)32-8-3)14(4)19(33-21)20(29)24-5/h9-12,25H,6-8,13H2,1-5H3,(H,24,29)(H,26,28). The monoisotopic (exact) mass is 474 g/mol. The van der Waals surface area contributed by atoms with Crippen molar-refractivity contribution in [2.45, 2.75) is 27.7 Å². The zero-order valence-electron chi connectivity index (χ0n) is 19.5. The van der Waals surface area contributed by atoms with Gasteiger partial charge in [-0.05, 0) is 45.4 Å². The van der Waals surface area contributed by atoms with E-state index in [-0.39, 0.29) is 35.5 Å². The van der Waals surface area contributed by atoms with Crippen LogP contribution in [0.2, 0.25) is 0 Å². The van der Waals surface area contributed by atoms with Gasteiger partial charge in [0.2, 0.25) is 5.91 Å². The van der Waals surface area contributed by atoms with Gasteiger partial charge in [-0.1, -0.05) is 12.1 Å². The molecule has 0 aliphatic heterocycles. The van der Waals surface area contributed by atoms with Crippen molar-refractivity contribution in [1.82, 2.24) is 10.2 Å². The van der Waals surface area contributed by atoms with Crippen molar-refractivity contribution >= 4 is 45.7 Å². The van der Waals surface area contributed by atoms with Gasteiger partial charge in [0.1, 0.15) is 5.00 Å². The van der Waals surface area contributed by atoms with Gasteiger partial charge in [0.15, 0.2) is 0 Å². The van der Waals surface area contributed by atoms with Crippen LogP contribution in [0.5, 0.6) is 0 Å². The number of carbonyl (C=O) groups excluding carboxylic acids is 4. The van der Waals surface area contributed by atoms with E-state index in [4.69, 9.17) is 4.74 Å². The molecule has 0 aliphatic carbocycles. The van der Waals surface area contributed by atoms with Gasteiger partial charge in [-0.15, -0.1) is 11.3 Å². The van der Waals surface area contributed by atoms with Crippen LogP contribution in [0.25, 0.3) is 0 Å². The van der Waals surface area contributed by atoms with Crippen molar-refractivity contribution in [3.05, 3.63) is 45.8 Å². The molecular formula is C23H30N4O5S. The van der Waals surface area contributed by atoms with Gasteiger partial charge >= 0.3 is 5.97 Å². The molecule has 1 aromatic carbocycles. The lowest BCUT2D eigenvalue weighted by Gasteiger charge is -2.20. The Morgan fingerprint density at radius 2 is 1.73 bits per heavy atom. The summed E-state index contributed by atoms with van der Waals surface area (Å²) < 4.78 is 5.10. The van der Waals surface area contributed by atoms with E-state index in [0.29, 0.717) is 34.8 Å². The minimum atomic E-state index is -0.611. The van der Waals surface area contributed by atoms with Crippen LogP contribution in [0.1, 0.15) is 56.7 Å². The molecule has 3 amide bonds.